The Balaban J connectivity index is 1.74. The summed E-state index contributed by atoms with van der Waals surface area (Å²) in [5.74, 6) is -0.0810. The second kappa shape index (κ2) is 8.55. The second-order valence-corrected chi connectivity index (χ2v) is 7.11. The minimum Gasteiger partial charge on any atom is -0.345 e. The Morgan fingerprint density at radius 2 is 1.89 bits per heavy atom. The fraction of sp³-hybridized carbons (Fsp3) is 0.250. The lowest BCUT2D eigenvalue weighted by Crippen LogP contribution is -2.30. The predicted octanol–water partition coefficient (Wildman–Crippen LogP) is 4.50. The van der Waals surface area contributed by atoms with Gasteiger partial charge in [0.25, 0.3) is 0 Å². The molecule has 0 bridgehead atoms. The molecule has 0 radical (unpaired) electrons. The molecule has 3 rings (SSSR count). The molecule has 3 aromatic rings. The van der Waals surface area contributed by atoms with Crippen LogP contribution in [0.5, 0.6) is 0 Å². The maximum atomic E-state index is 12.6. The van der Waals surface area contributed by atoms with Gasteiger partial charge in [-0.1, -0.05) is 41.4 Å². The lowest BCUT2D eigenvalue weighted by atomic mass is 10.00. The number of aromatic nitrogens is 3. The summed E-state index contributed by atoms with van der Waals surface area (Å²) < 4.78 is 1.76. The zero-order valence-electron chi connectivity index (χ0n) is 15.1. The van der Waals surface area contributed by atoms with E-state index in [0.29, 0.717) is 23.0 Å². The average molecular weight is 403 g/mol. The molecule has 0 aliphatic heterocycles. The molecule has 2 aromatic heterocycles. The number of rotatable bonds is 6. The minimum atomic E-state index is -0.299. The second-order valence-electron chi connectivity index (χ2n) is 6.30. The SMILES string of the molecule is Cc1nn(CCC(=O)N[C@H](c2ccc(Cl)cc2)c2cccnc2)c(C)c1Cl. The zero-order chi connectivity index (χ0) is 19.4. The Kier molecular flexibility index (Phi) is 6.14. The molecule has 0 aliphatic carbocycles. The van der Waals surface area contributed by atoms with Crippen molar-refractivity contribution in [2.24, 2.45) is 0 Å². The van der Waals surface area contributed by atoms with Crippen molar-refractivity contribution in [1.29, 1.82) is 0 Å². The van der Waals surface area contributed by atoms with E-state index in [-0.39, 0.29) is 11.9 Å². The van der Waals surface area contributed by atoms with Gasteiger partial charge in [-0.25, -0.2) is 0 Å². The van der Waals surface area contributed by atoms with Crippen molar-refractivity contribution < 1.29 is 4.79 Å². The largest absolute Gasteiger partial charge is 0.345 e. The Morgan fingerprint density at radius 1 is 1.15 bits per heavy atom. The van der Waals surface area contributed by atoms with Crippen LogP contribution in [0.2, 0.25) is 10.0 Å². The van der Waals surface area contributed by atoms with Crippen LogP contribution < -0.4 is 5.32 Å². The first-order chi connectivity index (χ1) is 13.0. The van der Waals surface area contributed by atoms with Gasteiger partial charge in [-0.15, -0.1) is 0 Å². The number of hydrogen-bond donors (Lipinski definition) is 1. The summed E-state index contributed by atoms with van der Waals surface area (Å²) in [6, 6.07) is 10.9. The third-order valence-electron chi connectivity index (χ3n) is 4.37. The normalized spacial score (nSPS) is 12.0. The van der Waals surface area contributed by atoms with Crippen molar-refractivity contribution in [3.8, 4) is 0 Å². The number of carbonyl (C=O) groups is 1. The van der Waals surface area contributed by atoms with Gasteiger partial charge in [0.05, 0.1) is 29.0 Å². The molecule has 2 heterocycles. The van der Waals surface area contributed by atoms with Crippen LogP contribution >= 0.6 is 23.2 Å². The average Bonchev–Trinajstić information content (AvgIpc) is 2.93. The van der Waals surface area contributed by atoms with Gasteiger partial charge in [-0.05, 0) is 43.2 Å². The topological polar surface area (TPSA) is 59.8 Å². The number of nitrogens with one attached hydrogen (secondary N) is 1. The van der Waals surface area contributed by atoms with E-state index in [1.165, 1.54) is 0 Å². The molecule has 27 heavy (non-hydrogen) atoms. The molecular formula is C20H20Cl2N4O. The molecule has 1 amide bonds. The molecule has 0 saturated heterocycles. The number of carbonyl (C=O) groups excluding carboxylic acids is 1. The van der Waals surface area contributed by atoms with E-state index in [1.807, 2.05) is 50.2 Å². The molecule has 7 heteroatoms. The predicted molar refractivity (Wildman–Crippen MR) is 107 cm³/mol. The highest BCUT2D eigenvalue weighted by molar-refractivity contribution is 6.31. The number of hydrogen-bond acceptors (Lipinski definition) is 3. The van der Waals surface area contributed by atoms with Crippen LogP contribution in [0.3, 0.4) is 0 Å². The molecule has 0 spiro atoms. The molecule has 0 unspecified atom stereocenters. The summed E-state index contributed by atoms with van der Waals surface area (Å²) in [4.78, 5) is 16.8. The highest BCUT2D eigenvalue weighted by Gasteiger charge is 2.18. The third-order valence-corrected chi connectivity index (χ3v) is 5.17. The minimum absolute atomic E-state index is 0.0810. The number of amides is 1. The van der Waals surface area contributed by atoms with Gasteiger partial charge in [-0.2, -0.15) is 5.10 Å². The van der Waals surface area contributed by atoms with Crippen LogP contribution in [-0.4, -0.2) is 20.7 Å². The molecular weight excluding hydrogens is 383 g/mol. The van der Waals surface area contributed by atoms with Crippen LogP contribution in [0, 0.1) is 13.8 Å². The van der Waals surface area contributed by atoms with E-state index < -0.39 is 0 Å². The van der Waals surface area contributed by atoms with Gasteiger partial charge >= 0.3 is 0 Å². The molecule has 5 nitrogen and oxygen atoms in total. The van der Waals surface area contributed by atoms with Crippen molar-refractivity contribution in [2.45, 2.75) is 32.9 Å². The fourth-order valence-electron chi connectivity index (χ4n) is 2.89. The van der Waals surface area contributed by atoms with Gasteiger partial charge in [0.1, 0.15) is 0 Å². The summed E-state index contributed by atoms with van der Waals surface area (Å²) in [6.07, 6.45) is 3.75. The van der Waals surface area contributed by atoms with E-state index in [9.17, 15) is 4.79 Å². The molecule has 140 valence electrons. The Morgan fingerprint density at radius 3 is 2.48 bits per heavy atom. The molecule has 1 aromatic carbocycles. The quantitative estimate of drug-likeness (QED) is 0.660. The number of nitrogens with zero attached hydrogens (tertiary/aromatic N) is 3. The van der Waals surface area contributed by atoms with E-state index in [0.717, 1.165) is 22.5 Å². The van der Waals surface area contributed by atoms with Gasteiger partial charge in [0.15, 0.2) is 0 Å². The zero-order valence-corrected chi connectivity index (χ0v) is 16.6. The van der Waals surface area contributed by atoms with Crippen molar-refractivity contribution in [3.63, 3.8) is 0 Å². The molecule has 0 aliphatic rings. The van der Waals surface area contributed by atoms with Crippen LogP contribution in [0.1, 0.15) is 35.0 Å². The first-order valence-corrected chi connectivity index (χ1v) is 9.35. The summed E-state index contributed by atoms with van der Waals surface area (Å²) >= 11 is 12.2. The van der Waals surface area contributed by atoms with Crippen molar-refractivity contribution in [1.82, 2.24) is 20.1 Å². The van der Waals surface area contributed by atoms with Gasteiger partial charge in [-0.3, -0.25) is 14.5 Å². The highest BCUT2D eigenvalue weighted by Crippen LogP contribution is 2.23. The van der Waals surface area contributed by atoms with E-state index in [4.69, 9.17) is 23.2 Å². The lowest BCUT2D eigenvalue weighted by molar-refractivity contribution is -0.121. The molecule has 0 saturated carbocycles. The van der Waals surface area contributed by atoms with E-state index in [1.54, 1.807) is 17.1 Å². The van der Waals surface area contributed by atoms with Crippen LogP contribution in [0.4, 0.5) is 0 Å². The number of pyridine rings is 1. The number of benzene rings is 1. The van der Waals surface area contributed by atoms with Crippen molar-refractivity contribution >= 4 is 29.1 Å². The standard InChI is InChI=1S/C20H20Cl2N4O/c1-13-19(22)14(2)26(25-13)11-9-18(27)24-20(16-4-3-10-23-12-16)15-5-7-17(21)8-6-15/h3-8,10,12,20H,9,11H2,1-2H3,(H,24,27)/t20-/m1/s1. The molecule has 1 N–H and O–H groups in total. The summed E-state index contributed by atoms with van der Waals surface area (Å²) in [5.41, 5.74) is 3.48. The Bertz CT molecular complexity index is 923. The monoisotopic (exact) mass is 402 g/mol. The Labute approximate surface area is 168 Å². The summed E-state index contributed by atoms with van der Waals surface area (Å²) in [6.45, 7) is 4.21. The van der Waals surface area contributed by atoms with Gasteiger partial charge < -0.3 is 5.32 Å². The molecule has 0 fully saturated rings. The fourth-order valence-corrected chi connectivity index (χ4v) is 3.16. The van der Waals surface area contributed by atoms with Gasteiger partial charge in [0.2, 0.25) is 5.91 Å². The number of halogens is 2. The van der Waals surface area contributed by atoms with Gasteiger partial charge in [0, 0.05) is 23.8 Å². The van der Waals surface area contributed by atoms with E-state index >= 15 is 0 Å². The first kappa shape index (κ1) is 19.4. The van der Waals surface area contributed by atoms with Crippen LogP contribution in [0.25, 0.3) is 0 Å². The lowest BCUT2D eigenvalue weighted by Gasteiger charge is -2.20. The maximum absolute atomic E-state index is 12.6. The van der Waals surface area contributed by atoms with Crippen molar-refractivity contribution in [3.05, 3.63) is 81.4 Å². The van der Waals surface area contributed by atoms with Crippen LogP contribution in [-0.2, 0) is 11.3 Å². The van der Waals surface area contributed by atoms with Crippen LogP contribution in [0.15, 0.2) is 48.8 Å². The first-order valence-electron chi connectivity index (χ1n) is 8.60. The highest BCUT2D eigenvalue weighted by atomic mass is 35.5. The maximum Gasteiger partial charge on any atom is 0.222 e. The Hall–Kier alpha value is -2.37. The third kappa shape index (κ3) is 4.67. The molecule has 1 atom stereocenters. The summed E-state index contributed by atoms with van der Waals surface area (Å²) in [7, 11) is 0. The van der Waals surface area contributed by atoms with Crippen molar-refractivity contribution in [2.75, 3.05) is 0 Å². The van der Waals surface area contributed by atoms with E-state index in [2.05, 4.69) is 15.4 Å². The summed E-state index contributed by atoms with van der Waals surface area (Å²) in [5, 5.41) is 8.74. The smallest absolute Gasteiger partial charge is 0.222 e. The number of aryl methyl sites for hydroxylation is 2.